The van der Waals surface area contributed by atoms with Crippen LogP contribution in [0.4, 0.5) is 0 Å². The van der Waals surface area contributed by atoms with Crippen molar-refractivity contribution in [1.82, 2.24) is 5.32 Å². The Morgan fingerprint density at radius 1 is 1.37 bits per heavy atom. The number of carbonyl (C=O) groups is 1. The quantitative estimate of drug-likeness (QED) is 0.827. The fourth-order valence-corrected chi connectivity index (χ4v) is 1.77. The Hall–Kier alpha value is -1.97. The lowest BCUT2D eigenvalue weighted by atomic mass is 10.1. The van der Waals surface area contributed by atoms with Crippen LogP contribution in [0.2, 0.25) is 0 Å². The van der Waals surface area contributed by atoms with Crippen LogP contribution in [-0.4, -0.2) is 19.2 Å². The van der Waals surface area contributed by atoms with E-state index in [1.807, 2.05) is 38.1 Å². The predicted molar refractivity (Wildman–Crippen MR) is 73.3 cm³/mol. The average Bonchev–Trinajstić information content (AvgIpc) is 2.83. The van der Waals surface area contributed by atoms with Crippen LogP contribution in [0.1, 0.15) is 19.4 Å². The Labute approximate surface area is 113 Å². The van der Waals surface area contributed by atoms with Gasteiger partial charge in [0.15, 0.2) is 11.5 Å². The molecule has 0 fully saturated rings. The van der Waals surface area contributed by atoms with Gasteiger partial charge in [0.2, 0.25) is 12.7 Å². The van der Waals surface area contributed by atoms with Crippen LogP contribution in [-0.2, 0) is 11.2 Å². The fourth-order valence-electron chi connectivity index (χ4n) is 1.77. The maximum atomic E-state index is 11.5. The molecule has 1 heterocycles. The molecule has 0 aromatic heterocycles. The van der Waals surface area contributed by atoms with Crippen molar-refractivity contribution in [2.75, 3.05) is 13.3 Å². The number of allylic oxidation sites excluding steroid dienone is 1. The molecule has 19 heavy (non-hydrogen) atoms. The summed E-state index contributed by atoms with van der Waals surface area (Å²) in [5.74, 6) is 1.91. The average molecular weight is 261 g/mol. The number of rotatable bonds is 5. The Balaban J connectivity index is 1.78. The van der Waals surface area contributed by atoms with Gasteiger partial charge in [-0.1, -0.05) is 26.0 Å². The van der Waals surface area contributed by atoms with Crippen LogP contribution in [0, 0.1) is 5.92 Å². The van der Waals surface area contributed by atoms with E-state index < -0.39 is 0 Å². The van der Waals surface area contributed by atoms with Crippen LogP contribution in [0.5, 0.6) is 11.5 Å². The Morgan fingerprint density at radius 3 is 2.95 bits per heavy atom. The van der Waals surface area contributed by atoms with E-state index >= 15 is 0 Å². The molecule has 102 valence electrons. The lowest BCUT2D eigenvalue weighted by Gasteiger charge is -2.04. The summed E-state index contributed by atoms with van der Waals surface area (Å²) in [6, 6.07) is 5.85. The van der Waals surface area contributed by atoms with E-state index in [9.17, 15) is 4.79 Å². The summed E-state index contributed by atoms with van der Waals surface area (Å²) in [4.78, 5) is 11.5. The highest BCUT2D eigenvalue weighted by Gasteiger charge is 2.12. The molecule has 0 radical (unpaired) electrons. The first-order valence-corrected chi connectivity index (χ1v) is 6.49. The summed E-state index contributed by atoms with van der Waals surface area (Å²) in [7, 11) is 0. The number of hydrogen-bond donors (Lipinski definition) is 1. The van der Waals surface area contributed by atoms with Gasteiger partial charge >= 0.3 is 0 Å². The smallest absolute Gasteiger partial charge is 0.243 e. The molecule has 4 heteroatoms. The normalized spacial score (nSPS) is 13.2. The number of amides is 1. The summed E-state index contributed by atoms with van der Waals surface area (Å²) in [6.07, 6.45) is 4.25. The van der Waals surface area contributed by atoms with E-state index in [-0.39, 0.29) is 12.7 Å². The maximum absolute atomic E-state index is 11.5. The Kier molecular flexibility index (Phi) is 4.44. The molecule has 1 amide bonds. The first-order chi connectivity index (χ1) is 9.15. The standard InChI is InChI=1S/C15H19NO3/c1-11(2)3-6-15(17)16-8-7-12-4-5-13-14(9-12)19-10-18-13/h3-6,9,11H,7-8,10H2,1-2H3,(H,16,17)/b6-3+. The zero-order valence-corrected chi connectivity index (χ0v) is 11.3. The van der Waals surface area contributed by atoms with Crippen molar-refractivity contribution in [3.05, 3.63) is 35.9 Å². The second-order valence-corrected chi connectivity index (χ2v) is 4.83. The van der Waals surface area contributed by atoms with Crippen LogP contribution >= 0.6 is 0 Å². The van der Waals surface area contributed by atoms with Crippen molar-refractivity contribution in [3.63, 3.8) is 0 Å². The van der Waals surface area contributed by atoms with E-state index in [1.54, 1.807) is 6.08 Å². The molecule has 2 rings (SSSR count). The van der Waals surface area contributed by atoms with Crippen molar-refractivity contribution in [1.29, 1.82) is 0 Å². The molecule has 4 nitrogen and oxygen atoms in total. The molecule has 0 bridgehead atoms. The van der Waals surface area contributed by atoms with Crippen molar-refractivity contribution in [3.8, 4) is 11.5 Å². The highest BCUT2D eigenvalue weighted by molar-refractivity contribution is 5.87. The number of fused-ring (bicyclic) bond motifs is 1. The van der Waals surface area contributed by atoms with Gasteiger partial charge in [-0.25, -0.2) is 0 Å². The molecule has 0 aliphatic carbocycles. The van der Waals surface area contributed by atoms with Gasteiger partial charge in [0.25, 0.3) is 0 Å². The summed E-state index contributed by atoms with van der Waals surface area (Å²) in [5.41, 5.74) is 1.12. The highest BCUT2D eigenvalue weighted by Crippen LogP contribution is 2.32. The van der Waals surface area contributed by atoms with E-state index in [4.69, 9.17) is 9.47 Å². The topological polar surface area (TPSA) is 47.6 Å². The van der Waals surface area contributed by atoms with E-state index in [2.05, 4.69) is 5.32 Å². The molecule has 0 atom stereocenters. The minimum Gasteiger partial charge on any atom is -0.454 e. The van der Waals surface area contributed by atoms with Gasteiger partial charge in [0, 0.05) is 6.54 Å². The third-order valence-electron chi connectivity index (χ3n) is 2.78. The lowest BCUT2D eigenvalue weighted by molar-refractivity contribution is -0.116. The van der Waals surface area contributed by atoms with Crippen LogP contribution in [0.15, 0.2) is 30.4 Å². The second-order valence-electron chi connectivity index (χ2n) is 4.83. The summed E-state index contributed by atoms with van der Waals surface area (Å²) in [6.45, 7) is 4.98. The molecule has 1 aromatic carbocycles. The minimum absolute atomic E-state index is 0.0468. The number of benzene rings is 1. The first kappa shape index (κ1) is 13.5. The maximum Gasteiger partial charge on any atom is 0.243 e. The van der Waals surface area contributed by atoms with Gasteiger partial charge in [0.1, 0.15) is 0 Å². The van der Waals surface area contributed by atoms with E-state index in [0.29, 0.717) is 12.5 Å². The molecular formula is C15H19NO3. The van der Waals surface area contributed by atoms with Gasteiger partial charge in [-0.15, -0.1) is 0 Å². The lowest BCUT2D eigenvalue weighted by Crippen LogP contribution is -2.23. The first-order valence-electron chi connectivity index (χ1n) is 6.49. The van der Waals surface area contributed by atoms with Crippen molar-refractivity contribution in [2.45, 2.75) is 20.3 Å². The third kappa shape index (κ3) is 4.02. The van der Waals surface area contributed by atoms with Gasteiger partial charge < -0.3 is 14.8 Å². The second kappa shape index (κ2) is 6.27. The molecule has 0 saturated carbocycles. The van der Waals surface area contributed by atoms with Crippen molar-refractivity contribution in [2.24, 2.45) is 5.92 Å². The molecule has 1 N–H and O–H groups in total. The minimum atomic E-state index is -0.0468. The zero-order chi connectivity index (χ0) is 13.7. The molecule has 1 aromatic rings. The highest BCUT2D eigenvalue weighted by atomic mass is 16.7. The SMILES string of the molecule is CC(C)/C=C/C(=O)NCCc1ccc2c(c1)OCO2. The zero-order valence-electron chi connectivity index (χ0n) is 11.3. The molecule has 1 aliphatic rings. The van der Waals surface area contributed by atoms with E-state index in [0.717, 1.165) is 23.5 Å². The number of nitrogens with one attached hydrogen (secondary N) is 1. The van der Waals surface area contributed by atoms with Gasteiger partial charge in [0.05, 0.1) is 0 Å². The molecule has 0 spiro atoms. The van der Waals surface area contributed by atoms with Crippen LogP contribution < -0.4 is 14.8 Å². The number of hydrogen-bond acceptors (Lipinski definition) is 3. The van der Waals surface area contributed by atoms with Crippen LogP contribution in [0.3, 0.4) is 0 Å². The summed E-state index contributed by atoms with van der Waals surface area (Å²) < 4.78 is 10.6. The largest absolute Gasteiger partial charge is 0.454 e. The summed E-state index contributed by atoms with van der Waals surface area (Å²) >= 11 is 0. The van der Waals surface area contributed by atoms with Gasteiger partial charge in [-0.3, -0.25) is 4.79 Å². The molecule has 0 saturated heterocycles. The third-order valence-corrected chi connectivity index (χ3v) is 2.78. The molecule has 0 unspecified atom stereocenters. The predicted octanol–water partition coefficient (Wildman–Crippen LogP) is 2.29. The summed E-state index contributed by atoms with van der Waals surface area (Å²) in [5, 5.41) is 2.86. The monoisotopic (exact) mass is 261 g/mol. The van der Waals surface area contributed by atoms with Crippen LogP contribution in [0.25, 0.3) is 0 Å². The Bertz CT molecular complexity index is 480. The van der Waals surface area contributed by atoms with Crippen molar-refractivity contribution < 1.29 is 14.3 Å². The van der Waals surface area contributed by atoms with E-state index in [1.165, 1.54) is 0 Å². The van der Waals surface area contributed by atoms with Gasteiger partial charge in [-0.2, -0.15) is 0 Å². The Morgan fingerprint density at radius 2 is 2.16 bits per heavy atom. The van der Waals surface area contributed by atoms with Crippen molar-refractivity contribution >= 4 is 5.91 Å². The number of carbonyl (C=O) groups excluding carboxylic acids is 1. The molecular weight excluding hydrogens is 242 g/mol. The van der Waals surface area contributed by atoms with Gasteiger partial charge in [-0.05, 0) is 36.1 Å². The fraction of sp³-hybridized carbons (Fsp3) is 0.400. The number of ether oxygens (including phenoxy) is 2. The molecule has 1 aliphatic heterocycles.